The fourth-order valence-corrected chi connectivity index (χ4v) is 2.60. The summed E-state index contributed by atoms with van der Waals surface area (Å²) in [4.78, 5) is 11.9. The van der Waals surface area contributed by atoms with Crippen LogP contribution < -0.4 is 9.47 Å². The number of hydrogen-bond donors (Lipinski definition) is 0. The molecule has 3 aromatic rings. The highest BCUT2D eigenvalue weighted by molar-refractivity contribution is 9.10. The van der Waals surface area contributed by atoms with E-state index >= 15 is 0 Å². The molecule has 3 aromatic carbocycles. The third-order valence-electron chi connectivity index (χ3n) is 3.38. The van der Waals surface area contributed by atoms with Gasteiger partial charge in [-0.15, -0.1) is 0 Å². The van der Waals surface area contributed by atoms with Gasteiger partial charge in [-0.05, 0) is 51.3 Å². The molecular formula is C20H15BrO3. The van der Waals surface area contributed by atoms with Gasteiger partial charge in [0.1, 0.15) is 11.5 Å². The first-order chi connectivity index (χ1) is 11.7. The van der Waals surface area contributed by atoms with E-state index in [0.29, 0.717) is 11.5 Å². The number of esters is 1. The van der Waals surface area contributed by atoms with Crippen LogP contribution >= 0.6 is 15.9 Å². The molecule has 0 aliphatic carbocycles. The maximum atomic E-state index is 11.9. The van der Waals surface area contributed by atoms with Crippen molar-refractivity contribution in [2.24, 2.45) is 0 Å². The second-order valence-corrected chi connectivity index (χ2v) is 5.94. The van der Waals surface area contributed by atoms with E-state index in [1.54, 1.807) is 18.2 Å². The van der Waals surface area contributed by atoms with Gasteiger partial charge in [-0.25, -0.2) is 4.79 Å². The zero-order valence-electron chi connectivity index (χ0n) is 12.8. The van der Waals surface area contributed by atoms with Gasteiger partial charge in [0, 0.05) is 0 Å². The number of carbonyl (C=O) groups is 1. The number of halogens is 1. The molecule has 0 unspecified atom stereocenters. The van der Waals surface area contributed by atoms with Crippen LogP contribution in [0.3, 0.4) is 0 Å². The second kappa shape index (κ2) is 7.79. The quantitative estimate of drug-likeness (QED) is 0.454. The fourth-order valence-electron chi connectivity index (χ4n) is 2.21. The summed E-state index contributed by atoms with van der Waals surface area (Å²) in [5.41, 5.74) is 2.19. The number of benzene rings is 3. The van der Waals surface area contributed by atoms with Crippen molar-refractivity contribution in [3.8, 4) is 22.6 Å². The molecule has 0 radical (unpaired) electrons. The lowest BCUT2D eigenvalue weighted by molar-refractivity contribution is -0.136. The smallest absolute Gasteiger partial charge is 0.349 e. The molecule has 0 amide bonds. The molecule has 0 aliphatic rings. The molecule has 0 atom stereocenters. The van der Waals surface area contributed by atoms with Crippen LogP contribution in [-0.4, -0.2) is 12.6 Å². The third-order valence-corrected chi connectivity index (χ3v) is 4.03. The monoisotopic (exact) mass is 382 g/mol. The van der Waals surface area contributed by atoms with Gasteiger partial charge in [0.05, 0.1) is 4.47 Å². The molecule has 0 bridgehead atoms. The summed E-state index contributed by atoms with van der Waals surface area (Å²) in [5, 5.41) is 0. The molecule has 0 spiro atoms. The lowest BCUT2D eigenvalue weighted by Crippen LogP contribution is -2.17. The first-order valence-electron chi connectivity index (χ1n) is 7.46. The minimum atomic E-state index is -0.446. The minimum Gasteiger partial charge on any atom is -0.481 e. The Hall–Kier alpha value is -2.59. The Balaban J connectivity index is 1.58. The Labute approximate surface area is 149 Å². The molecule has 3 rings (SSSR count). The van der Waals surface area contributed by atoms with Crippen LogP contribution in [0.2, 0.25) is 0 Å². The SMILES string of the molecule is O=C(COc1ccccc1Br)Oc1ccc(-c2ccccc2)cc1. The normalized spacial score (nSPS) is 10.2. The summed E-state index contributed by atoms with van der Waals surface area (Å²) < 4.78 is 11.5. The van der Waals surface area contributed by atoms with Crippen molar-refractivity contribution in [2.75, 3.05) is 6.61 Å². The lowest BCUT2D eigenvalue weighted by atomic mass is 10.1. The topological polar surface area (TPSA) is 35.5 Å². The molecule has 4 heteroatoms. The lowest BCUT2D eigenvalue weighted by Gasteiger charge is -2.08. The summed E-state index contributed by atoms with van der Waals surface area (Å²) in [6, 6.07) is 24.8. The van der Waals surface area contributed by atoms with E-state index in [4.69, 9.17) is 9.47 Å². The Morgan fingerprint density at radius 3 is 2.12 bits per heavy atom. The molecule has 0 aromatic heterocycles. The molecular weight excluding hydrogens is 368 g/mol. The van der Waals surface area contributed by atoms with Crippen molar-refractivity contribution in [2.45, 2.75) is 0 Å². The van der Waals surface area contributed by atoms with Crippen LogP contribution in [-0.2, 0) is 4.79 Å². The van der Waals surface area contributed by atoms with Crippen LogP contribution in [0, 0.1) is 0 Å². The Bertz CT molecular complexity index is 814. The van der Waals surface area contributed by atoms with Gasteiger partial charge < -0.3 is 9.47 Å². The van der Waals surface area contributed by atoms with Crippen molar-refractivity contribution >= 4 is 21.9 Å². The van der Waals surface area contributed by atoms with Crippen LogP contribution in [0.25, 0.3) is 11.1 Å². The van der Waals surface area contributed by atoms with Gasteiger partial charge in [-0.3, -0.25) is 0 Å². The number of rotatable bonds is 5. The van der Waals surface area contributed by atoms with E-state index < -0.39 is 5.97 Å². The van der Waals surface area contributed by atoms with E-state index in [-0.39, 0.29) is 6.61 Å². The molecule has 120 valence electrons. The Morgan fingerprint density at radius 1 is 0.792 bits per heavy atom. The average Bonchev–Trinajstić information content (AvgIpc) is 2.62. The molecule has 3 nitrogen and oxygen atoms in total. The van der Waals surface area contributed by atoms with Crippen molar-refractivity contribution < 1.29 is 14.3 Å². The summed E-state index contributed by atoms with van der Waals surface area (Å²) in [6.07, 6.45) is 0. The first-order valence-corrected chi connectivity index (χ1v) is 8.25. The predicted molar refractivity (Wildman–Crippen MR) is 97.2 cm³/mol. The van der Waals surface area contributed by atoms with E-state index in [1.807, 2.05) is 60.7 Å². The van der Waals surface area contributed by atoms with Gasteiger partial charge in [-0.1, -0.05) is 54.6 Å². The summed E-state index contributed by atoms with van der Waals surface area (Å²) in [7, 11) is 0. The van der Waals surface area contributed by atoms with Gasteiger partial charge in [-0.2, -0.15) is 0 Å². The van der Waals surface area contributed by atoms with Crippen LogP contribution in [0.1, 0.15) is 0 Å². The summed E-state index contributed by atoms with van der Waals surface area (Å²) >= 11 is 3.37. The highest BCUT2D eigenvalue weighted by Gasteiger charge is 2.08. The zero-order chi connectivity index (χ0) is 16.8. The molecule has 0 heterocycles. The number of hydrogen-bond acceptors (Lipinski definition) is 3. The van der Waals surface area contributed by atoms with Gasteiger partial charge in [0.15, 0.2) is 6.61 Å². The number of carbonyl (C=O) groups excluding carboxylic acids is 1. The van der Waals surface area contributed by atoms with E-state index in [2.05, 4.69) is 15.9 Å². The van der Waals surface area contributed by atoms with E-state index in [9.17, 15) is 4.79 Å². The zero-order valence-corrected chi connectivity index (χ0v) is 14.4. The Morgan fingerprint density at radius 2 is 1.42 bits per heavy atom. The highest BCUT2D eigenvalue weighted by Crippen LogP contribution is 2.24. The average molecular weight is 383 g/mol. The summed E-state index contributed by atoms with van der Waals surface area (Å²) in [6.45, 7) is -0.150. The number of para-hydroxylation sites is 1. The Kier molecular flexibility index (Phi) is 5.29. The maximum Gasteiger partial charge on any atom is 0.349 e. The minimum absolute atomic E-state index is 0.150. The first kappa shape index (κ1) is 16.3. The van der Waals surface area contributed by atoms with Crippen LogP contribution in [0.5, 0.6) is 11.5 Å². The van der Waals surface area contributed by atoms with Gasteiger partial charge in [0.2, 0.25) is 0 Å². The van der Waals surface area contributed by atoms with E-state index in [1.165, 1.54) is 0 Å². The second-order valence-electron chi connectivity index (χ2n) is 5.08. The predicted octanol–water partition coefficient (Wildman–Crippen LogP) is 5.10. The van der Waals surface area contributed by atoms with Crippen molar-refractivity contribution in [3.05, 3.63) is 83.3 Å². The molecule has 0 N–H and O–H groups in total. The fraction of sp³-hybridized carbons (Fsp3) is 0.0500. The van der Waals surface area contributed by atoms with Gasteiger partial charge >= 0.3 is 5.97 Å². The van der Waals surface area contributed by atoms with Crippen LogP contribution in [0.15, 0.2) is 83.3 Å². The van der Waals surface area contributed by atoms with Crippen LogP contribution in [0.4, 0.5) is 0 Å². The molecule has 0 aliphatic heterocycles. The van der Waals surface area contributed by atoms with Crippen molar-refractivity contribution in [1.29, 1.82) is 0 Å². The van der Waals surface area contributed by atoms with E-state index in [0.717, 1.165) is 15.6 Å². The van der Waals surface area contributed by atoms with Gasteiger partial charge in [0.25, 0.3) is 0 Å². The molecule has 0 fully saturated rings. The molecule has 0 saturated carbocycles. The maximum absolute atomic E-state index is 11.9. The standard InChI is InChI=1S/C20H15BrO3/c21-18-8-4-5-9-19(18)23-14-20(22)24-17-12-10-16(11-13-17)15-6-2-1-3-7-15/h1-13H,14H2. The summed E-state index contributed by atoms with van der Waals surface area (Å²) in [5.74, 6) is 0.655. The highest BCUT2D eigenvalue weighted by atomic mass is 79.9. The largest absolute Gasteiger partial charge is 0.481 e. The molecule has 24 heavy (non-hydrogen) atoms. The van der Waals surface area contributed by atoms with Crippen molar-refractivity contribution in [3.63, 3.8) is 0 Å². The van der Waals surface area contributed by atoms with Crippen molar-refractivity contribution in [1.82, 2.24) is 0 Å². The third kappa shape index (κ3) is 4.24. The number of ether oxygens (including phenoxy) is 2. The molecule has 0 saturated heterocycles.